The zero-order valence-corrected chi connectivity index (χ0v) is 16.3. The molecule has 1 aromatic rings. The molecule has 0 saturated heterocycles. The van der Waals surface area contributed by atoms with Crippen molar-refractivity contribution < 1.29 is 14.7 Å². The van der Waals surface area contributed by atoms with Crippen LogP contribution in [0.3, 0.4) is 0 Å². The Morgan fingerprint density at radius 2 is 1.64 bits per heavy atom. The number of carbonyl (C=O) groups is 2. The first-order valence-electron chi connectivity index (χ1n) is 9.00. The molecule has 1 aliphatic rings. The molecule has 0 fully saturated rings. The fourth-order valence-corrected chi connectivity index (χ4v) is 3.60. The number of benzene rings is 1. The van der Waals surface area contributed by atoms with Crippen molar-refractivity contribution in [3.8, 4) is 0 Å². The van der Waals surface area contributed by atoms with E-state index in [0.717, 1.165) is 29.5 Å². The average molecular weight is 408 g/mol. The summed E-state index contributed by atoms with van der Waals surface area (Å²) in [6, 6.07) is 7.13. The molecule has 136 valence electrons. The second-order valence-corrected chi connectivity index (χ2v) is 7.21. The van der Waals surface area contributed by atoms with Crippen molar-refractivity contribution in [1.82, 2.24) is 0 Å². The molecule has 0 bridgehead atoms. The molecule has 2 rings (SSSR count). The second kappa shape index (κ2) is 9.76. The van der Waals surface area contributed by atoms with Crippen LogP contribution in [0.1, 0.15) is 63.9 Å². The van der Waals surface area contributed by atoms with Gasteiger partial charge in [0.1, 0.15) is 5.76 Å². The summed E-state index contributed by atoms with van der Waals surface area (Å²) in [5, 5.41) is 11.5. The van der Waals surface area contributed by atoms with Gasteiger partial charge >= 0.3 is 0 Å². The molecule has 25 heavy (non-hydrogen) atoms. The van der Waals surface area contributed by atoms with Crippen molar-refractivity contribution in [2.75, 3.05) is 10.2 Å². The summed E-state index contributed by atoms with van der Waals surface area (Å²) in [6.45, 7) is 1.37. The normalized spacial score (nSPS) is 15.4. The van der Waals surface area contributed by atoms with Gasteiger partial charge in [-0.05, 0) is 18.9 Å². The van der Waals surface area contributed by atoms with E-state index in [2.05, 4.69) is 15.9 Å². The Morgan fingerprint density at radius 3 is 2.28 bits per heavy atom. The van der Waals surface area contributed by atoms with Crippen LogP contribution in [0.2, 0.25) is 0 Å². The van der Waals surface area contributed by atoms with Gasteiger partial charge in [-0.1, -0.05) is 66.2 Å². The van der Waals surface area contributed by atoms with Gasteiger partial charge in [-0.2, -0.15) is 0 Å². The largest absolute Gasteiger partial charge is 0.511 e. The number of halogens is 1. The van der Waals surface area contributed by atoms with Crippen LogP contribution in [0.4, 0.5) is 5.69 Å². The Bertz CT molecular complexity index is 654. The molecule has 0 spiro atoms. The molecular formula is C20H26BrNO3. The number of carbonyl (C=O) groups excluding carboxylic acids is 2. The summed E-state index contributed by atoms with van der Waals surface area (Å²) in [4.78, 5) is 25.5. The molecule has 5 heteroatoms. The van der Waals surface area contributed by atoms with E-state index in [1.54, 1.807) is 18.2 Å². The van der Waals surface area contributed by atoms with Crippen LogP contribution in [0, 0.1) is 0 Å². The van der Waals surface area contributed by atoms with Gasteiger partial charge in [-0.3, -0.25) is 9.59 Å². The highest BCUT2D eigenvalue weighted by Gasteiger charge is 2.36. The first kappa shape index (κ1) is 19.7. The summed E-state index contributed by atoms with van der Waals surface area (Å²) < 4.78 is 0. The van der Waals surface area contributed by atoms with Gasteiger partial charge < -0.3 is 5.11 Å². The highest BCUT2D eigenvalue weighted by atomic mass is 79.9. The van der Waals surface area contributed by atoms with Gasteiger partial charge in [0.15, 0.2) is 0 Å². The number of unbranched alkanes of at least 4 members (excludes halogenated alkanes) is 6. The maximum absolute atomic E-state index is 12.6. The van der Waals surface area contributed by atoms with Crippen LogP contribution in [0.25, 0.3) is 5.57 Å². The van der Waals surface area contributed by atoms with Crippen molar-refractivity contribution in [3.63, 3.8) is 0 Å². The Hall–Kier alpha value is -1.62. The van der Waals surface area contributed by atoms with Gasteiger partial charge in [0.05, 0.1) is 11.3 Å². The van der Waals surface area contributed by atoms with Crippen LogP contribution in [-0.4, -0.2) is 22.3 Å². The quantitative estimate of drug-likeness (QED) is 0.259. The van der Waals surface area contributed by atoms with Gasteiger partial charge in [-0.15, -0.1) is 0 Å². The number of anilines is 1. The van der Waals surface area contributed by atoms with Crippen LogP contribution in [0.5, 0.6) is 0 Å². The standard InChI is InChI=1S/C20H26BrNO3/c1-15(23)22-17-12-9-8-11-16(17)19(20(22)25)18(24)13-7-5-3-2-4-6-10-14-21/h8-9,11-12,24H,2-7,10,13-14H2,1H3. The van der Waals surface area contributed by atoms with E-state index in [9.17, 15) is 14.7 Å². The molecule has 4 nitrogen and oxygen atoms in total. The van der Waals surface area contributed by atoms with Gasteiger partial charge in [-0.25, -0.2) is 4.90 Å². The summed E-state index contributed by atoms with van der Waals surface area (Å²) >= 11 is 3.44. The topological polar surface area (TPSA) is 57.6 Å². The molecule has 0 unspecified atom stereocenters. The van der Waals surface area contributed by atoms with Crippen LogP contribution in [0.15, 0.2) is 30.0 Å². The molecule has 2 amide bonds. The first-order valence-corrected chi connectivity index (χ1v) is 10.1. The molecule has 1 N–H and O–H groups in total. The molecule has 1 aromatic carbocycles. The first-order chi connectivity index (χ1) is 12.1. The van der Waals surface area contributed by atoms with Crippen molar-refractivity contribution in [3.05, 3.63) is 35.6 Å². The molecular weight excluding hydrogens is 382 g/mol. The van der Waals surface area contributed by atoms with E-state index >= 15 is 0 Å². The minimum atomic E-state index is -0.416. The SMILES string of the molecule is CC(=O)N1C(=O)C(=C(O)CCCCCCCCCBr)c2ccccc21. The number of aliphatic hydroxyl groups excluding tert-OH is 1. The highest BCUT2D eigenvalue weighted by Crippen LogP contribution is 2.38. The molecule has 0 atom stereocenters. The van der Waals surface area contributed by atoms with E-state index in [0.29, 0.717) is 17.7 Å². The number of fused-ring (bicyclic) bond motifs is 1. The number of alkyl halides is 1. The summed E-state index contributed by atoms with van der Waals surface area (Å²) in [7, 11) is 0. The van der Waals surface area contributed by atoms with E-state index in [4.69, 9.17) is 0 Å². The Morgan fingerprint density at radius 1 is 1.04 bits per heavy atom. The summed E-state index contributed by atoms with van der Waals surface area (Å²) in [5.74, 6) is -0.648. The molecule has 0 aromatic heterocycles. The smallest absolute Gasteiger partial charge is 0.269 e. The van der Waals surface area contributed by atoms with Gasteiger partial charge in [0.2, 0.25) is 5.91 Å². The lowest BCUT2D eigenvalue weighted by atomic mass is 10.0. The number of hydrogen-bond acceptors (Lipinski definition) is 3. The zero-order chi connectivity index (χ0) is 18.2. The number of nitrogens with zero attached hydrogens (tertiary/aromatic N) is 1. The van der Waals surface area contributed by atoms with Crippen molar-refractivity contribution in [2.24, 2.45) is 0 Å². The van der Waals surface area contributed by atoms with Crippen molar-refractivity contribution >= 4 is 39.0 Å². The van der Waals surface area contributed by atoms with E-state index in [-0.39, 0.29) is 17.2 Å². The maximum Gasteiger partial charge on any atom is 0.269 e. The average Bonchev–Trinajstić information content (AvgIpc) is 2.89. The lowest BCUT2D eigenvalue weighted by molar-refractivity contribution is -0.122. The minimum Gasteiger partial charge on any atom is -0.511 e. The Labute approximate surface area is 158 Å². The summed E-state index contributed by atoms with van der Waals surface area (Å²) in [5.41, 5.74) is 1.49. The number of imide groups is 1. The third-order valence-electron chi connectivity index (χ3n) is 4.48. The fraction of sp³-hybridized carbons (Fsp3) is 0.500. The van der Waals surface area contributed by atoms with E-state index < -0.39 is 5.91 Å². The number of aliphatic hydroxyl groups is 1. The summed E-state index contributed by atoms with van der Waals surface area (Å²) in [6.07, 6.45) is 8.45. The number of para-hydroxylation sites is 1. The van der Waals surface area contributed by atoms with E-state index in [1.807, 2.05) is 6.07 Å². The van der Waals surface area contributed by atoms with Gasteiger partial charge in [0.25, 0.3) is 5.91 Å². The second-order valence-electron chi connectivity index (χ2n) is 6.41. The fourth-order valence-electron chi connectivity index (χ4n) is 3.20. The molecule has 0 saturated carbocycles. The predicted molar refractivity (Wildman–Crippen MR) is 105 cm³/mol. The number of rotatable bonds is 9. The minimum absolute atomic E-state index is 0.0977. The molecule has 1 heterocycles. The predicted octanol–water partition coefficient (Wildman–Crippen LogP) is 5.36. The van der Waals surface area contributed by atoms with E-state index in [1.165, 1.54) is 32.6 Å². The number of amides is 2. The molecule has 1 aliphatic heterocycles. The van der Waals surface area contributed by atoms with Crippen LogP contribution >= 0.6 is 15.9 Å². The van der Waals surface area contributed by atoms with Crippen molar-refractivity contribution in [2.45, 2.75) is 58.3 Å². The lowest BCUT2D eigenvalue weighted by Crippen LogP contribution is -2.31. The van der Waals surface area contributed by atoms with Crippen LogP contribution < -0.4 is 4.90 Å². The number of allylic oxidation sites excluding steroid dienone is 1. The van der Waals surface area contributed by atoms with Crippen LogP contribution in [-0.2, 0) is 9.59 Å². The number of hydrogen-bond donors (Lipinski definition) is 1. The molecule has 0 aliphatic carbocycles. The monoisotopic (exact) mass is 407 g/mol. The third kappa shape index (κ3) is 4.94. The van der Waals surface area contributed by atoms with Gasteiger partial charge in [0, 0.05) is 24.2 Å². The molecule has 0 radical (unpaired) electrons. The van der Waals surface area contributed by atoms with Crippen molar-refractivity contribution in [1.29, 1.82) is 0 Å². The third-order valence-corrected chi connectivity index (χ3v) is 5.04. The zero-order valence-electron chi connectivity index (χ0n) is 14.8. The highest BCUT2D eigenvalue weighted by molar-refractivity contribution is 9.09. The Kier molecular flexibility index (Phi) is 7.69. The lowest BCUT2D eigenvalue weighted by Gasteiger charge is -2.11. The maximum atomic E-state index is 12.6. The Balaban J connectivity index is 1.94.